The van der Waals surface area contributed by atoms with Crippen molar-refractivity contribution in [2.24, 2.45) is 0 Å². The summed E-state index contributed by atoms with van der Waals surface area (Å²) in [6, 6.07) is 3.29. The van der Waals surface area contributed by atoms with Crippen molar-refractivity contribution in [3.05, 3.63) is 22.2 Å². The third-order valence-corrected chi connectivity index (χ3v) is 3.08. The minimum Gasteiger partial charge on any atom is -0.378 e. The highest BCUT2D eigenvalue weighted by Crippen LogP contribution is 2.25. The number of anilines is 2. The predicted octanol–water partition coefficient (Wildman–Crippen LogP) is 1.19. The smallest absolute Gasteiger partial charge is 0.311 e. The van der Waals surface area contributed by atoms with E-state index in [-0.39, 0.29) is 17.5 Å². The quantitative estimate of drug-likeness (QED) is 0.641. The van der Waals surface area contributed by atoms with Gasteiger partial charge in [-0.1, -0.05) is 6.92 Å². The van der Waals surface area contributed by atoms with Crippen molar-refractivity contribution in [3.63, 3.8) is 0 Å². The van der Waals surface area contributed by atoms with Gasteiger partial charge >= 0.3 is 5.69 Å². The van der Waals surface area contributed by atoms with E-state index in [1.807, 2.05) is 0 Å². The molecule has 0 radical (unpaired) electrons. The fourth-order valence-electron chi connectivity index (χ4n) is 2.07. The van der Waals surface area contributed by atoms with Crippen molar-refractivity contribution >= 4 is 17.3 Å². The van der Waals surface area contributed by atoms with Gasteiger partial charge in [0.2, 0.25) is 5.82 Å². The number of nitrogen functional groups attached to an aromatic ring is 1. The molecule has 1 fully saturated rings. The number of morpholine rings is 1. The fraction of sp³-hybridized carbons (Fsp3) is 0.545. The molecule has 0 spiro atoms. The van der Waals surface area contributed by atoms with Crippen LogP contribution in [0.4, 0.5) is 17.3 Å². The first-order chi connectivity index (χ1) is 8.63. The lowest BCUT2D eigenvalue weighted by Crippen LogP contribution is -2.45. The number of nitrogens with two attached hydrogens (primary N) is 1. The summed E-state index contributed by atoms with van der Waals surface area (Å²) >= 11 is 0. The van der Waals surface area contributed by atoms with Gasteiger partial charge in [-0.3, -0.25) is 10.1 Å². The van der Waals surface area contributed by atoms with Gasteiger partial charge < -0.3 is 15.4 Å². The summed E-state index contributed by atoms with van der Waals surface area (Å²) in [4.78, 5) is 16.4. The molecule has 1 aromatic heterocycles. The SMILES string of the molecule is CCC1COCCN1c1ccc([N+](=O)[O-])c(N)n1. The molecule has 2 rings (SSSR count). The number of nitro groups is 1. The molecule has 0 bridgehead atoms. The van der Waals surface area contributed by atoms with Gasteiger partial charge in [0.15, 0.2) is 0 Å². The minimum atomic E-state index is -0.525. The summed E-state index contributed by atoms with van der Waals surface area (Å²) in [6.07, 6.45) is 0.929. The third kappa shape index (κ3) is 2.35. The van der Waals surface area contributed by atoms with Crippen LogP contribution in [0.2, 0.25) is 0 Å². The molecular weight excluding hydrogens is 236 g/mol. The van der Waals surface area contributed by atoms with Gasteiger partial charge in [-0.25, -0.2) is 4.98 Å². The van der Waals surface area contributed by atoms with Crippen molar-refractivity contribution in [2.45, 2.75) is 19.4 Å². The van der Waals surface area contributed by atoms with Gasteiger partial charge in [-0.15, -0.1) is 0 Å². The second-order valence-corrected chi connectivity index (χ2v) is 4.16. The Morgan fingerprint density at radius 2 is 2.44 bits per heavy atom. The van der Waals surface area contributed by atoms with Crippen molar-refractivity contribution in [1.29, 1.82) is 0 Å². The van der Waals surface area contributed by atoms with E-state index in [1.54, 1.807) is 6.07 Å². The fourth-order valence-corrected chi connectivity index (χ4v) is 2.07. The van der Waals surface area contributed by atoms with E-state index in [1.165, 1.54) is 6.07 Å². The van der Waals surface area contributed by atoms with Gasteiger partial charge in [-0.2, -0.15) is 0 Å². The Bertz CT molecular complexity index is 452. The Morgan fingerprint density at radius 1 is 1.67 bits per heavy atom. The zero-order chi connectivity index (χ0) is 13.1. The van der Waals surface area contributed by atoms with Crippen LogP contribution in [0.3, 0.4) is 0 Å². The summed E-state index contributed by atoms with van der Waals surface area (Å²) in [7, 11) is 0. The first kappa shape index (κ1) is 12.6. The standard InChI is InChI=1S/C11H16N4O3/c1-2-8-7-18-6-5-14(8)10-4-3-9(15(16)17)11(12)13-10/h3-4,8H,2,5-7H2,1H3,(H2,12,13). The molecule has 1 unspecified atom stereocenters. The number of rotatable bonds is 3. The molecule has 0 amide bonds. The highest BCUT2D eigenvalue weighted by Gasteiger charge is 2.24. The molecule has 2 N–H and O–H groups in total. The number of hydrogen-bond acceptors (Lipinski definition) is 6. The van der Waals surface area contributed by atoms with Crippen LogP contribution >= 0.6 is 0 Å². The monoisotopic (exact) mass is 252 g/mol. The number of nitrogens with zero attached hydrogens (tertiary/aromatic N) is 3. The Kier molecular flexibility index (Phi) is 3.61. The number of aromatic nitrogens is 1. The van der Waals surface area contributed by atoms with E-state index in [9.17, 15) is 10.1 Å². The molecule has 1 aliphatic heterocycles. The average molecular weight is 252 g/mol. The summed E-state index contributed by atoms with van der Waals surface area (Å²) in [5, 5.41) is 10.7. The highest BCUT2D eigenvalue weighted by molar-refractivity contribution is 5.58. The molecule has 1 atom stereocenters. The van der Waals surface area contributed by atoms with E-state index < -0.39 is 4.92 Å². The second-order valence-electron chi connectivity index (χ2n) is 4.16. The topological polar surface area (TPSA) is 94.5 Å². The minimum absolute atomic E-state index is 0.0427. The van der Waals surface area contributed by atoms with Crippen LogP contribution in [-0.2, 0) is 4.74 Å². The molecule has 1 aliphatic rings. The molecule has 98 valence electrons. The lowest BCUT2D eigenvalue weighted by Gasteiger charge is -2.36. The molecular formula is C11H16N4O3. The second kappa shape index (κ2) is 5.18. The van der Waals surface area contributed by atoms with Crippen LogP contribution in [0.15, 0.2) is 12.1 Å². The molecule has 18 heavy (non-hydrogen) atoms. The van der Waals surface area contributed by atoms with Gasteiger partial charge in [0.25, 0.3) is 0 Å². The third-order valence-electron chi connectivity index (χ3n) is 3.08. The van der Waals surface area contributed by atoms with Gasteiger partial charge in [0.1, 0.15) is 5.82 Å². The molecule has 2 heterocycles. The largest absolute Gasteiger partial charge is 0.378 e. The van der Waals surface area contributed by atoms with Crippen molar-refractivity contribution in [2.75, 3.05) is 30.4 Å². The van der Waals surface area contributed by atoms with Crippen molar-refractivity contribution in [3.8, 4) is 0 Å². The first-order valence-corrected chi connectivity index (χ1v) is 5.88. The normalized spacial score (nSPS) is 19.8. The Morgan fingerprint density at radius 3 is 3.06 bits per heavy atom. The van der Waals surface area contributed by atoms with Crippen LogP contribution < -0.4 is 10.6 Å². The van der Waals surface area contributed by atoms with E-state index >= 15 is 0 Å². The molecule has 0 aromatic carbocycles. The van der Waals surface area contributed by atoms with Crippen LogP contribution in [0, 0.1) is 10.1 Å². The lowest BCUT2D eigenvalue weighted by atomic mass is 10.1. The molecule has 0 saturated carbocycles. The zero-order valence-electron chi connectivity index (χ0n) is 10.2. The first-order valence-electron chi connectivity index (χ1n) is 5.88. The number of ether oxygens (including phenoxy) is 1. The maximum Gasteiger partial charge on any atom is 0.311 e. The Labute approximate surface area is 105 Å². The molecule has 7 heteroatoms. The van der Waals surface area contributed by atoms with Crippen molar-refractivity contribution < 1.29 is 9.66 Å². The van der Waals surface area contributed by atoms with Crippen molar-refractivity contribution in [1.82, 2.24) is 4.98 Å². The maximum absolute atomic E-state index is 10.7. The predicted molar refractivity (Wildman–Crippen MR) is 67.5 cm³/mol. The van der Waals surface area contributed by atoms with Gasteiger partial charge in [0.05, 0.1) is 24.2 Å². The summed E-state index contributed by atoms with van der Waals surface area (Å²) in [6.45, 7) is 4.08. The van der Waals surface area contributed by atoms with Gasteiger partial charge in [0, 0.05) is 12.6 Å². The number of pyridine rings is 1. The van der Waals surface area contributed by atoms with E-state index in [4.69, 9.17) is 10.5 Å². The number of hydrogen-bond donors (Lipinski definition) is 1. The highest BCUT2D eigenvalue weighted by atomic mass is 16.6. The van der Waals surface area contributed by atoms with Crippen LogP contribution in [0.5, 0.6) is 0 Å². The van der Waals surface area contributed by atoms with Crippen LogP contribution in [-0.4, -0.2) is 35.7 Å². The average Bonchev–Trinajstić information content (AvgIpc) is 2.38. The summed E-state index contributed by atoms with van der Waals surface area (Å²) < 4.78 is 5.41. The Balaban J connectivity index is 2.27. The molecule has 1 saturated heterocycles. The molecule has 0 aliphatic carbocycles. The molecule has 1 aromatic rings. The maximum atomic E-state index is 10.7. The zero-order valence-corrected chi connectivity index (χ0v) is 10.2. The van der Waals surface area contributed by atoms with E-state index in [0.717, 1.165) is 13.0 Å². The van der Waals surface area contributed by atoms with Crippen LogP contribution in [0.1, 0.15) is 13.3 Å². The summed E-state index contributed by atoms with van der Waals surface area (Å²) in [5.41, 5.74) is 5.45. The summed E-state index contributed by atoms with van der Waals surface area (Å²) in [5.74, 6) is 0.632. The Hall–Kier alpha value is -1.89. The van der Waals surface area contributed by atoms with E-state index in [2.05, 4.69) is 16.8 Å². The molecule has 7 nitrogen and oxygen atoms in total. The van der Waals surface area contributed by atoms with Crippen LogP contribution in [0.25, 0.3) is 0 Å². The van der Waals surface area contributed by atoms with E-state index in [0.29, 0.717) is 19.0 Å². The lowest BCUT2D eigenvalue weighted by molar-refractivity contribution is -0.384. The van der Waals surface area contributed by atoms with Gasteiger partial charge in [-0.05, 0) is 12.5 Å².